The monoisotopic (exact) mass is 370 g/mol. The summed E-state index contributed by atoms with van der Waals surface area (Å²) in [5.41, 5.74) is 0. The van der Waals surface area contributed by atoms with Gasteiger partial charge in [-0.15, -0.1) is 0 Å². The fourth-order valence-corrected chi connectivity index (χ4v) is 1.23. The summed E-state index contributed by atoms with van der Waals surface area (Å²) < 4.78 is 0. The minimum Gasteiger partial charge on any atom is -0.481 e. The number of carbonyl (C=O) groups excluding carboxylic acids is 1. The summed E-state index contributed by atoms with van der Waals surface area (Å²) >= 11 is 6.32. The van der Waals surface area contributed by atoms with Crippen LogP contribution in [0.4, 0.5) is 0 Å². The van der Waals surface area contributed by atoms with Crippen LogP contribution in [0, 0.1) is 11.3 Å². The fourth-order valence-electron chi connectivity index (χ4n) is 0.672. The molecule has 7 heteroatoms. The van der Waals surface area contributed by atoms with E-state index >= 15 is 0 Å². The van der Waals surface area contributed by atoms with Gasteiger partial charge in [0.05, 0.1) is 6.07 Å². The van der Waals surface area contributed by atoms with Crippen LogP contribution in [-0.2, 0) is 9.59 Å². The molecule has 0 saturated carbocycles. The molecule has 0 heterocycles. The average molecular weight is 372 g/mol. The molecule has 0 aromatic carbocycles. The smallest absolute Gasteiger partial charge is 0.303 e. The summed E-state index contributed by atoms with van der Waals surface area (Å²) in [5, 5.41) is 20.1. The SMILES string of the molecule is N#CCNC(=O)CCCBr.O=C(O)CCCBr. The number of alkyl halides is 2. The molecule has 98 valence electrons. The molecule has 0 aliphatic carbocycles. The van der Waals surface area contributed by atoms with Crippen molar-refractivity contribution >= 4 is 43.7 Å². The predicted molar refractivity (Wildman–Crippen MR) is 72.3 cm³/mol. The van der Waals surface area contributed by atoms with E-state index in [1.807, 2.05) is 6.07 Å². The zero-order valence-electron chi connectivity index (χ0n) is 9.42. The van der Waals surface area contributed by atoms with Crippen LogP contribution in [0.2, 0.25) is 0 Å². The van der Waals surface area contributed by atoms with Crippen molar-refractivity contribution in [1.82, 2.24) is 5.32 Å². The third kappa shape index (κ3) is 21.3. The minimum absolute atomic E-state index is 0.0546. The molecule has 0 aliphatic heterocycles. The number of amides is 1. The van der Waals surface area contributed by atoms with Crippen molar-refractivity contribution < 1.29 is 14.7 Å². The maximum Gasteiger partial charge on any atom is 0.303 e. The number of carboxylic acids is 1. The predicted octanol–water partition coefficient (Wildman–Crippen LogP) is 2.05. The second kappa shape index (κ2) is 15.4. The number of carbonyl (C=O) groups is 2. The van der Waals surface area contributed by atoms with Crippen LogP contribution in [0.3, 0.4) is 0 Å². The van der Waals surface area contributed by atoms with Gasteiger partial charge in [-0.3, -0.25) is 9.59 Å². The maximum atomic E-state index is 10.7. The summed E-state index contributed by atoms with van der Waals surface area (Å²) in [6, 6.07) is 1.83. The molecule has 0 aromatic rings. The Hall–Kier alpha value is -0.610. The van der Waals surface area contributed by atoms with Gasteiger partial charge in [0.25, 0.3) is 0 Å². The molecular formula is C10H16Br2N2O3. The van der Waals surface area contributed by atoms with Gasteiger partial charge in [-0.1, -0.05) is 31.9 Å². The number of nitrogens with one attached hydrogen (secondary N) is 1. The van der Waals surface area contributed by atoms with E-state index in [1.54, 1.807) is 0 Å². The molecule has 0 unspecified atom stereocenters. The number of nitriles is 1. The molecule has 5 nitrogen and oxygen atoms in total. The van der Waals surface area contributed by atoms with Crippen molar-refractivity contribution in [3.8, 4) is 6.07 Å². The van der Waals surface area contributed by atoms with Gasteiger partial charge in [0, 0.05) is 23.5 Å². The number of aliphatic carboxylic acids is 1. The second-order valence-corrected chi connectivity index (χ2v) is 4.50. The first kappa shape index (κ1) is 18.7. The van der Waals surface area contributed by atoms with Gasteiger partial charge in [-0.25, -0.2) is 0 Å². The van der Waals surface area contributed by atoms with Crippen LogP contribution in [0.1, 0.15) is 25.7 Å². The molecule has 0 atom stereocenters. The zero-order valence-corrected chi connectivity index (χ0v) is 12.6. The Bertz CT molecular complexity index is 254. The Balaban J connectivity index is 0. The first-order chi connectivity index (χ1) is 8.08. The maximum absolute atomic E-state index is 10.7. The van der Waals surface area contributed by atoms with Gasteiger partial charge < -0.3 is 10.4 Å². The topological polar surface area (TPSA) is 90.2 Å². The Morgan fingerprint density at radius 2 is 1.71 bits per heavy atom. The summed E-state index contributed by atoms with van der Waals surface area (Å²) in [7, 11) is 0. The van der Waals surface area contributed by atoms with Gasteiger partial charge in [0.15, 0.2) is 0 Å². The van der Waals surface area contributed by atoms with Crippen molar-refractivity contribution in [3.63, 3.8) is 0 Å². The molecule has 0 aromatic heterocycles. The highest BCUT2D eigenvalue weighted by Gasteiger charge is 1.96. The van der Waals surface area contributed by atoms with E-state index in [4.69, 9.17) is 10.4 Å². The van der Waals surface area contributed by atoms with Gasteiger partial charge >= 0.3 is 5.97 Å². The summed E-state index contributed by atoms with van der Waals surface area (Å²) in [6.07, 6.45) is 2.30. The Morgan fingerprint density at radius 3 is 2.06 bits per heavy atom. The minimum atomic E-state index is -0.723. The van der Waals surface area contributed by atoms with Crippen molar-refractivity contribution in [2.24, 2.45) is 0 Å². The number of nitrogens with zero attached hydrogens (tertiary/aromatic N) is 1. The molecular weight excluding hydrogens is 356 g/mol. The molecule has 0 bridgehead atoms. The molecule has 1 amide bonds. The van der Waals surface area contributed by atoms with E-state index < -0.39 is 5.97 Å². The van der Waals surface area contributed by atoms with Crippen LogP contribution in [0.5, 0.6) is 0 Å². The van der Waals surface area contributed by atoms with Crippen LogP contribution in [0.25, 0.3) is 0 Å². The molecule has 0 fully saturated rings. The normalized spacial score (nSPS) is 8.53. The van der Waals surface area contributed by atoms with Gasteiger partial charge in [-0.2, -0.15) is 5.26 Å². The first-order valence-electron chi connectivity index (χ1n) is 5.05. The zero-order chi connectivity index (χ0) is 13.5. The van der Waals surface area contributed by atoms with Crippen LogP contribution in [0.15, 0.2) is 0 Å². The molecule has 0 spiro atoms. The number of carboxylic acid groups (broad SMARTS) is 1. The van der Waals surface area contributed by atoms with Crippen LogP contribution >= 0.6 is 31.9 Å². The van der Waals surface area contributed by atoms with E-state index in [1.165, 1.54) is 0 Å². The summed E-state index contributed by atoms with van der Waals surface area (Å²) in [4.78, 5) is 20.4. The van der Waals surface area contributed by atoms with Gasteiger partial charge in [0.1, 0.15) is 6.54 Å². The third-order valence-electron chi connectivity index (χ3n) is 1.43. The van der Waals surface area contributed by atoms with Crippen molar-refractivity contribution in [3.05, 3.63) is 0 Å². The van der Waals surface area contributed by atoms with E-state index in [-0.39, 0.29) is 18.9 Å². The lowest BCUT2D eigenvalue weighted by molar-refractivity contribution is -0.137. The molecule has 0 rings (SSSR count). The third-order valence-corrected chi connectivity index (χ3v) is 2.55. The molecule has 0 aliphatic rings. The fraction of sp³-hybridized carbons (Fsp3) is 0.700. The standard InChI is InChI=1S/C6H9BrN2O.C4H7BrO2/c7-3-1-2-6(10)9-5-4-8;5-3-1-2-4(6)7/h1-3,5H2,(H,9,10);1-3H2,(H,6,7). The molecule has 17 heavy (non-hydrogen) atoms. The Morgan fingerprint density at radius 1 is 1.18 bits per heavy atom. The van der Waals surface area contributed by atoms with Crippen molar-refractivity contribution in [1.29, 1.82) is 5.26 Å². The van der Waals surface area contributed by atoms with Gasteiger partial charge in [-0.05, 0) is 12.8 Å². The Labute approximate surface area is 118 Å². The second-order valence-electron chi connectivity index (χ2n) is 2.91. The molecule has 0 saturated heterocycles. The van der Waals surface area contributed by atoms with Crippen LogP contribution < -0.4 is 5.32 Å². The largest absolute Gasteiger partial charge is 0.481 e. The van der Waals surface area contributed by atoms with Crippen molar-refractivity contribution in [2.45, 2.75) is 25.7 Å². The number of halogens is 2. The van der Waals surface area contributed by atoms with E-state index in [2.05, 4.69) is 37.2 Å². The lowest BCUT2D eigenvalue weighted by Crippen LogP contribution is -2.22. The lowest BCUT2D eigenvalue weighted by Gasteiger charge is -1.96. The highest BCUT2D eigenvalue weighted by Crippen LogP contribution is 1.92. The lowest BCUT2D eigenvalue weighted by atomic mass is 10.3. The quantitative estimate of drug-likeness (QED) is 0.529. The Kier molecular flexibility index (Phi) is 17.0. The van der Waals surface area contributed by atoms with E-state index in [0.717, 1.165) is 23.5 Å². The number of rotatable bonds is 7. The summed E-state index contributed by atoms with van der Waals surface area (Å²) in [5.74, 6) is -0.777. The van der Waals surface area contributed by atoms with E-state index in [9.17, 15) is 9.59 Å². The van der Waals surface area contributed by atoms with Crippen LogP contribution in [-0.4, -0.2) is 34.2 Å². The van der Waals surface area contributed by atoms with Crippen molar-refractivity contribution in [2.75, 3.05) is 17.2 Å². The highest BCUT2D eigenvalue weighted by molar-refractivity contribution is 9.09. The summed E-state index contributed by atoms with van der Waals surface area (Å²) in [6.45, 7) is 0.112. The average Bonchev–Trinajstić information content (AvgIpc) is 2.31. The number of hydrogen-bond donors (Lipinski definition) is 2. The molecule has 2 N–H and O–H groups in total. The molecule has 0 radical (unpaired) electrons. The number of hydrogen-bond acceptors (Lipinski definition) is 3. The highest BCUT2D eigenvalue weighted by atomic mass is 79.9. The first-order valence-corrected chi connectivity index (χ1v) is 7.30. The van der Waals surface area contributed by atoms with Gasteiger partial charge in [0.2, 0.25) is 5.91 Å². The van der Waals surface area contributed by atoms with E-state index in [0.29, 0.717) is 6.42 Å².